The van der Waals surface area contributed by atoms with E-state index in [4.69, 9.17) is 0 Å². The van der Waals surface area contributed by atoms with E-state index in [-0.39, 0.29) is 11.4 Å². The standard InChI is InChI=1S/C2H9O9P3S/c1-9-12(3,4)10-13(5,6)11-14(7,8)15-2/h1-2H3,(H,3,4)(H,5,6)(H,7,8)/p-3. The summed E-state index contributed by atoms with van der Waals surface area (Å²) in [5.41, 5.74) is 0. The van der Waals surface area contributed by atoms with Gasteiger partial charge in [-0.15, -0.1) is 0 Å². The van der Waals surface area contributed by atoms with Gasteiger partial charge in [-0.3, -0.25) is 18.0 Å². The first-order chi connectivity index (χ1) is 6.54. The number of hydrogen-bond acceptors (Lipinski definition) is 10. The fourth-order valence-corrected chi connectivity index (χ4v) is 4.54. The smallest absolute Gasteiger partial charge is 0.279 e. The van der Waals surface area contributed by atoms with E-state index in [0.717, 1.165) is 6.26 Å². The molecule has 0 radical (unpaired) electrons. The third-order valence-corrected chi connectivity index (χ3v) is 6.88. The van der Waals surface area contributed by atoms with Crippen LogP contribution < -0.4 is 14.7 Å². The highest BCUT2D eigenvalue weighted by molar-refractivity contribution is 8.54. The van der Waals surface area contributed by atoms with E-state index < -0.39 is 22.4 Å². The molecule has 3 unspecified atom stereocenters. The molecule has 3 atom stereocenters. The van der Waals surface area contributed by atoms with Crippen molar-refractivity contribution in [1.82, 2.24) is 0 Å². The predicted octanol–water partition coefficient (Wildman–Crippen LogP) is -0.566. The quantitative estimate of drug-likeness (QED) is 0.583. The minimum Gasteiger partial charge on any atom is -0.770 e. The van der Waals surface area contributed by atoms with E-state index in [1.165, 1.54) is 0 Å². The van der Waals surface area contributed by atoms with Crippen molar-refractivity contribution in [1.29, 1.82) is 0 Å². The molecule has 0 fully saturated rings. The Labute approximate surface area is 89.3 Å². The van der Waals surface area contributed by atoms with Crippen molar-refractivity contribution in [2.75, 3.05) is 13.4 Å². The van der Waals surface area contributed by atoms with E-state index in [1.54, 1.807) is 0 Å². The molecule has 0 saturated heterocycles. The number of phosphoric ester groups is 1. The molecule has 9 nitrogen and oxygen atoms in total. The lowest BCUT2D eigenvalue weighted by Crippen LogP contribution is -2.13. The van der Waals surface area contributed by atoms with Crippen LogP contribution in [0.15, 0.2) is 0 Å². The van der Waals surface area contributed by atoms with Crippen LogP contribution >= 0.6 is 33.8 Å². The zero-order chi connectivity index (χ0) is 12.3. The summed E-state index contributed by atoms with van der Waals surface area (Å²) >= 11 is 0.0806. The maximum Gasteiger partial charge on any atom is 0.279 e. The van der Waals surface area contributed by atoms with Crippen molar-refractivity contribution in [3.05, 3.63) is 0 Å². The molecule has 13 heteroatoms. The van der Waals surface area contributed by atoms with Gasteiger partial charge in [-0.1, -0.05) is 11.4 Å². The SMILES string of the molecule is COP(=O)([O-])OP(=O)([O-])OP(=O)([O-])SC. The van der Waals surface area contributed by atoms with Crippen molar-refractivity contribution in [2.45, 2.75) is 0 Å². The summed E-state index contributed by atoms with van der Waals surface area (Å²) in [5, 5.41) is 0. The molecule has 0 aliphatic rings. The van der Waals surface area contributed by atoms with Crippen LogP contribution in [0.3, 0.4) is 0 Å². The van der Waals surface area contributed by atoms with Crippen molar-refractivity contribution in [2.24, 2.45) is 0 Å². The Kier molecular flexibility index (Phi) is 5.71. The maximum absolute atomic E-state index is 10.7. The third-order valence-electron chi connectivity index (χ3n) is 0.847. The molecule has 0 bridgehead atoms. The van der Waals surface area contributed by atoms with E-state index in [0.29, 0.717) is 7.11 Å². The number of rotatable bonds is 6. The normalized spacial score (nSPS) is 23.8. The van der Waals surface area contributed by atoms with Gasteiger partial charge in [0.15, 0.2) is 6.80 Å². The molecule has 15 heavy (non-hydrogen) atoms. The lowest BCUT2D eigenvalue weighted by atomic mass is 11.8. The van der Waals surface area contributed by atoms with Gasteiger partial charge in [0.25, 0.3) is 15.6 Å². The van der Waals surface area contributed by atoms with Gasteiger partial charge in [-0.2, -0.15) is 0 Å². The van der Waals surface area contributed by atoms with Crippen molar-refractivity contribution in [3.8, 4) is 0 Å². The molecule has 0 N–H and O–H groups in total. The molecule has 0 aromatic rings. The fraction of sp³-hybridized carbons (Fsp3) is 1.00. The van der Waals surface area contributed by atoms with Crippen LogP contribution in [0.1, 0.15) is 0 Å². The van der Waals surface area contributed by atoms with Gasteiger partial charge in [0.2, 0.25) is 0 Å². The van der Waals surface area contributed by atoms with Gasteiger partial charge in [0, 0.05) is 7.11 Å². The van der Waals surface area contributed by atoms with Crippen LogP contribution in [0.2, 0.25) is 0 Å². The van der Waals surface area contributed by atoms with E-state index in [2.05, 4.69) is 13.1 Å². The van der Waals surface area contributed by atoms with Gasteiger partial charge < -0.3 is 19.2 Å². The summed E-state index contributed by atoms with van der Waals surface area (Å²) in [4.78, 5) is 31.9. The average Bonchev–Trinajstić information content (AvgIpc) is 2.00. The largest absolute Gasteiger partial charge is 0.770 e. The Morgan fingerprint density at radius 2 is 1.47 bits per heavy atom. The second-order valence-electron chi connectivity index (χ2n) is 1.87. The fourth-order valence-electron chi connectivity index (χ4n) is 0.327. The lowest BCUT2D eigenvalue weighted by Gasteiger charge is -2.33. The molecule has 0 aromatic heterocycles. The maximum atomic E-state index is 10.7. The first-order valence-corrected chi connectivity index (χ1v) is 9.30. The summed E-state index contributed by atoms with van der Waals surface area (Å²) in [6, 6.07) is 0. The molecule has 0 saturated carbocycles. The first kappa shape index (κ1) is 15.8. The summed E-state index contributed by atoms with van der Waals surface area (Å²) in [5.74, 6) is 0. The number of phosphoric acid groups is 2. The molecule has 0 spiro atoms. The van der Waals surface area contributed by atoms with Crippen molar-refractivity contribution in [3.63, 3.8) is 0 Å². The third kappa shape index (κ3) is 6.86. The topological polar surface area (TPSA) is 148 Å². The summed E-state index contributed by atoms with van der Waals surface area (Å²) in [7, 11) is -9.99. The van der Waals surface area contributed by atoms with Crippen LogP contribution in [0.4, 0.5) is 0 Å². The summed E-state index contributed by atoms with van der Waals surface area (Å²) in [6.45, 7) is -4.74. The first-order valence-electron chi connectivity index (χ1n) is 3.01. The van der Waals surface area contributed by atoms with Crippen LogP contribution in [0.25, 0.3) is 0 Å². The zero-order valence-corrected chi connectivity index (χ0v) is 10.9. The average molecular weight is 299 g/mol. The second-order valence-corrected chi connectivity index (χ2v) is 9.03. The predicted molar refractivity (Wildman–Crippen MR) is 45.5 cm³/mol. The Hall–Kier alpha value is 0.800. The highest BCUT2D eigenvalue weighted by Crippen LogP contribution is 2.66. The Balaban J connectivity index is 4.66. The Morgan fingerprint density at radius 3 is 1.80 bits per heavy atom. The van der Waals surface area contributed by atoms with E-state index in [1.807, 2.05) is 0 Å². The monoisotopic (exact) mass is 299 g/mol. The van der Waals surface area contributed by atoms with Gasteiger partial charge in [-0.05, 0) is 6.26 Å². The molecule has 0 aromatic carbocycles. The summed E-state index contributed by atoms with van der Waals surface area (Å²) < 4.78 is 42.5. The van der Waals surface area contributed by atoms with Crippen LogP contribution in [0.5, 0.6) is 0 Å². The summed E-state index contributed by atoms with van der Waals surface area (Å²) in [6.07, 6.45) is 1.03. The van der Waals surface area contributed by atoms with Crippen LogP contribution in [-0.2, 0) is 26.8 Å². The molecular weight excluding hydrogens is 293 g/mol. The van der Waals surface area contributed by atoms with Crippen molar-refractivity contribution < 1.29 is 41.5 Å². The minimum atomic E-state index is -5.52. The molecule has 92 valence electrons. The van der Waals surface area contributed by atoms with Crippen molar-refractivity contribution >= 4 is 33.8 Å². The van der Waals surface area contributed by atoms with Gasteiger partial charge in [0.05, 0.1) is 0 Å². The molecule has 0 aliphatic heterocycles. The van der Waals surface area contributed by atoms with Crippen LogP contribution in [0, 0.1) is 0 Å². The molecule has 0 rings (SSSR count). The van der Waals surface area contributed by atoms with Gasteiger partial charge >= 0.3 is 0 Å². The second kappa shape index (κ2) is 5.42. The van der Waals surface area contributed by atoms with Gasteiger partial charge in [0.1, 0.15) is 0 Å². The molecule has 0 aliphatic carbocycles. The molecular formula is C2H6O9P3S-3. The highest BCUT2D eigenvalue weighted by atomic mass is 32.7. The minimum absolute atomic E-state index is 0.0806. The number of hydrogen-bond donors (Lipinski definition) is 0. The zero-order valence-electron chi connectivity index (χ0n) is 7.42. The highest BCUT2D eigenvalue weighted by Gasteiger charge is 2.23. The molecule has 0 amide bonds. The molecule has 0 heterocycles. The van der Waals surface area contributed by atoms with E-state index in [9.17, 15) is 28.4 Å². The van der Waals surface area contributed by atoms with Crippen LogP contribution in [-0.4, -0.2) is 13.4 Å². The van der Waals surface area contributed by atoms with Gasteiger partial charge in [-0.25, -0.2) is 4.31 Å². The van der Waals surface area contributed by atoms with E-state index >= 15 is 0 Å². The Morgan fingerprint density at radius 1 is 1.00 bits per heavy atom. The lowest BCUT2D eigenvalue weighted by molar-refractivity contribution is -0.242. The Bertz CT molecular complexity index is 321.